The Kier molecular flexibility index (Phi) is 16.3. The van der Waals surface area contributed by atoms with Gasteiger partial charge in [0.15, 0.2) is 0 Å². The molecule has 11 nitrogen and oxygen atoms in total. The van der Waals surface area contributed by atoms with Gasteiger partial charge in [0, 0.05) is 85.6 Å². The average molecular weight is 744 g/mol. The second-order valence-corrected chi connectivity index (χ2v) is 13.4. The van der Waals surface area contributed by atoms with Gasteiger partial charge in [0.05, 0.1) is 18.1 Å². The number of fused-ring (bicyclic) bond motifs is 1. The van der Waals surface area contributed by atoms with Crippen molar-refractivity contribution in [3.8, 4) is 12.1 Å². The van der Waals surface area contributed by atoms with Gasteiger partial charge in [-0.3, -0.25) is 29.5 Å². The molecule has 6 rings (SSSR count). The average Bonchev–Trinajstić information content (AvgIpc) is 3.55. The Morgan fingerprint density at radius 2 is 1.43 bits per heavy atom. The van der Waals surface area contributed by atoms with E-state index in [4.69, 9.17) is 16.9 Å². The van der Waals surface area contributed by atoms with Crippen molar-refractivity contribution in [2.24, 2.45) is 18.0 Å². The van der Waals surface area contributed by atoms with Crippen LogP contribution in [0.3, 0.4) is 0 Å². The van der Waals surface area contributed by atoms with E-state index >= 15 is 0 Å². The van der Waals surface area contributed by atoms with Crippen LogP contribution in [-0.4, -0.2) is 55.2 Å². The lowest BCUT2D eigenvalue weighted by Gasteiger charge is -2.31. The van der Waals surface area contributed by atoms with Crippen molar-refractivity contribution in [1.82, 2.24) is 30.2 Å². The van der Waals surface area contributed by atoms with E-state index in [2.05, 4.69) is 42.7 Å². The topological polar surface area (TPSA) is 162 Å². The van der Waals surface area contributed by atoms with E-state index in [0.717, 1.165) is 52.6 Å². The number of rotatable bonds is 10. The highest BCUT2D eigenvalue weighted by Gasteiger charge is 2.33. The minimum Gasteiger partial charge on any atom is -0.347 e. The van der Waals surface area contributed by atoms with E-state index in [1.54, 1.807) is 37.2 Å². The molecule has 2 amide bonds. The van der Waals surface area contributed by atoms with Gasteiger partial charge in [-0.05, 0) is 91.9 Å². The summed E-state index contributed by atoms with van der Waals surface area (Å²) in [5, 5.41) is 25.4. The van der Waals surface area contributed by atoms with Crippen molar-refractivity contribution in [2.75, 3.05) is 0 Å². The number of nitrogens with one attached hydrogen (secondary N) is 2. The standard InChI is InChI=1S/C25H27N5O2.C11H13N3.C6H6ClN/c1-30-22-9-5-2-6-18(22)15-23(30)25(32)29-21-8-4-3-7-20(21)24(31)28-19(16-26)14-17-10-12-27-13-11-17;1-9(2)14-11(8-12)7-10-3-5-13-6-4-10;7-5-6-1-3-8-4-2-6/h2,5-6,9-13,15,19-21H,3-4,7-8,14H2,1H3,(H,28,31)(H,29,32);3-6,11H,7H2,1-2H3;1-4H,5H2/t19?,20-,21+;;/m1../s1. The lowest BCUT2D eigenvalue weighted by atomic mass is 9.83. The number of carbonyl (C=O) groups is 2. The normalized spacial score (nSPS) is 15.7. The predicted octanol–water partition coefficient (Wildman–Crippen LogP) is 6.93. The molecule has 12 heteroatoms. The highest BCUT2D eigenvalue weighted by Crippen LogP contribution is 2.26. The first kappa shape index (κ1) is 40.9. The van der Waals surface area contributed by atoms with Gasteiger partial charge in [-0.25, -0.2) is 0 Å². The Hall–Kier alpha value is -5.91. The van der Waals surface area contributed by atoms with E-state index in [-0.39, 0.29) is 29.8 Å². The Bertz CT molecular complexity index is 2040. The molecule has 0 bridgehead atoms. The number of carbonyl (C=O) groups excluding carboxylic acids is 2. The highest BCUT2D eigenvalue weighted by atomic mass is 35.5. The largest absolute Gasteiger partial charge is 0.347 e. The van der Waals surface area contributed by atoms with Crippen LogP contribution >= 0.6 is 11.6 Å². The second-order valence-electron chi connectivity index (χ2n) is 13.1. The third kappa shape index (κ3) is 12.6. The van der Waals surface area contributed by atoms with Gasteiger partial charge >= 0.3 is 0 Å². The number of amides is 2. The number of nitriles is 2. The van der Waals surface area contributed by atoms with Crippen LogP contribution in [0.1, 0.15) is 66.7 Å². The Balaban J connectivity index is 0.000000241. The summed E-state index contributed by atoms with van der Waals surface area (Å²) in [6.07, 6.45) is 14.7. The summed E-state index contributed by atoms with van der Waals surface area (Å²) in [7, 11) is 1.87. The first-order chi connectivity index (χ1) is 26.2. The van der Waals surface area contributed by atoms with Crippen LogP contribution in [0.15, 0.2) is 109 Å². The number of aryl methyl sites for hydroxylation is 1. The van der Waals surface area contributed by atoms with Crippen LogP contribution in [0.2, 0.25) is 0 Å². The zero-order valence-corrected chi connectivity index (χ0v) is 31.7. The molecule has 2 N–H and O–H groups in total. The van der Waals surface area contributed by atoms with Crippen molar-refractivity contribution in [2.45, 2.75) is 76.4 Å². The smallest absolute Gasteiger partial charge is 0.268 e. The van der Waals surface area contributed by atoms with Crippen molar-refractivity contribution in [3.05, 3.63) is 126 Å². The number of alkyl halides is 1. The monoisotopic (exact) mass is 743 g/mol. The second kappa shape index (κ2) is 21.6. The van der Waals surface area contributed by atoms with Gasteiger partial charge in [-0.1, -0.05) is 31.0 Å². The molecule has 1 fully saturated rings. The molecular weight excluding hydrogens is 698 g/mol. The summed E-state index contributed by atoms with van der Waals surface area (Å²) >= 11 is 5.50. The van der Waals surface area contributed by atoms with Crippen LogP contribution in [0, 0.1) is 28.6 Å². The van der Waals surface area contributed by atoms with E-state index in [1.165, 1.54) is 0 Å². The molecule has 1 aliphatic rings. The SMILES string of the molecule is CC(C)=NC(C#N)Cc1ccncc1.ClCc1ccncc1.Cn1c(C(=O)N[C@H]2CCCC[C@H]2C(=O)NC(C#N)Cc2ccncc2)cc2ccccc21. The molecular formula is C42H46ClN9O2. The van der Waals surface area contributed by atoms with Gasteiger partial charge in [0.1, 0.15) is 17.8 Å². The quantitative estimate of drug-likeness (QED) is 0.116. The summed E-state index contributed by atoms with van der Waals surface area (Å²) < 4.78 is 1.88. The Morgan fingerprint density at radius 1 is 0.852 bits per heavy atom. The van der Waals surface area contributed by atoms with E-state index < -0.39 is 6.04 Å². The summed E-state index contributed by atoms with van der Waals surface area (Å²) in [6.45, 7) is 3.80. The number of nitrogens with zero attached hydrogens (tertiary/aromatic N) is 7. The van der Waals surface area contributed by atoms with E-state index in [0.29, 0.717) is 30.8 Å². The fourth-order valence-corrected chi connectivity index (χ4v) is 6.35. The van der Waals surface area contributed by atoms with Crippen molar-refractivity contribution in [1.29, 1.82) is 10.5 Å². The molecule has 1 aromatic carbocycles. The van der Waals surface area contributed by atoms with Crippen molar-refractivity contribution >= 4 is 40.0 Å². The zero-order chi connectivity index (χ0) is 38.7. The minimum atomic E-state index is -0.624. The molecule has 4 atom stereocenters. The molecule has 0 saturated heterocycles. The summed E-state index contributed by atoms with van der Waals surface area (Å²) in [5.41, 5.74) is 5.65. The van der Waals surface area contributed by atoms with Gasteiger partial charge in [0.25, 0.3) is 5.91 Å². The molecule has 0 spiro atoms. The van der Waals surface area contributed by atoms with Crippen molar-refractivity contribution in [3.63, 3.8) is 0 Å². The van der Waals surface area contributed by atoms with Crippen LogP contribution in [0.25, 0.3) is 10.9 Å². The molecule has 4 aromatic heterocycles. The molecule has 54 heavy (non-hydrogen) atoms. The third-order valence-electron chi connectivity index (χ3n) is 8.91. The maximum absolute atomic E-state index is 13.1. The van der Waals surface area contributed by atoms with Crippen LogP contribution in [-0.2, 0) is 30.6 Å². The third-order valence-corrected chi connectivity index (χ3v) is 9.22. The molecule has 5 aromatic rings. The first-order valence-electron chi connectivity index (χ1n) is 17.9. The van der Waals surface area contributed by atoms with Crippen LogP contribution < -0.4 is 10.6 Å². The maximum Gasteiger partial charge on any atom is 0.268 e. The molecule has 1 aliphatic carbocycles. The van der Waals surface area contributed by atoms with Gasteiger partial charge < -0.3 is 15.2 Å². The summed E-state index contributed by atoms with van der Waals surface area (Å²) in [5.74, 6) is -0.131. The van der Waals surface area contributed by atoms with Crippen molar-refractivity contribution < 1.29 is 9.59 Å². The first-order valence-corrected chi connectivity index (χ1v) is 18.4. The molecule has 0 aliphatic heterocycles. The number of hydrogen-bond acceptors (Lipinski definition) is 8. The zero-order valence-electron chi connectivity index (χ0n) is 30.9. The minimum absolute atomic E-state index is 0.173. The number of para-hydroxylation sites is 1. The van der Waals surface area contributed by atoms with Gasteiger partial charge in [-0.2, -0.15) is 10.5 Å². The number of aliphatic imine (C=N–C) groups is 1. The summed E-state index contributed by atoms with van der Waals surface area (Å²) in [4.78, 5) is 42.1. The van der Waals surface area contributed by atoms with E-state index in [9.17, 15) is 14.9 Å². The Labute approximate surface area is 322 Å². The molecule has 2 unspecified atom stereocenters. The summed E-state index contributed by atoms with van der Waals surface area (Å²) in [6, 6.07) is 24.2. The molecule has 0 radical (unpaired) electrons. The maximum atomic E-state index is 13.1. The lowest BCUT2D eigenvalue weighted by Crippen LogP contribution is -2.50. The number of benzene rings is 1. The number of hydrogen-bond donors (Lipinski definition) is 2. The molecule has 278 valence electrons. The fourth-order valence-electron chi connectivity index (χ4n) is 6.17. The van der Waals surface area contributed by atoms with Crippen LogP contribution in [0.4, 0.5) is 0 Å². The fraction of sp³-hybridized carbons (Fsp3) is 0.333. The predicted molar refractivity (Wildman–Crippen MR) is 212 cm³/mol. The van der Waals surface area contributed by atoms with Gasteiger partial charge in [-0.15, -0.1) is 11.6 Å². The number of halogens is 1. The van der Waals surface area contributed by atoms with E-state index in [1.807, 2.05) is 92.2 Å². The number of aromatic nitrogens is 4. The number of pyridine rings is 3. The van der Waals surface area contributed by atoms with Crippen LogP contribution in [0.5, 0.6) is 0 Å². The Morgan fingerprint density at radius 3 is 1.96 bits per heavy atom. The highest BCUT2D eigenvalue weighted by molar-refractivity contribution is 6.17. The van der Waals surface area contributed by atoms with Gasteiger partial charge in [0.2, 0.25) is 5.91 Å². The lowest BCUT2D eigenvalue weighted by molar-refractivity contribution is -0.127. The molecule has 4 heterocycles. The molecule has 1 saturated carbocycles.